The number of sulfone groups is 2. The smallest absolute Gasteiger partial charge is 0.180 e. The van der Waals surface area contributed by atoms with Crippen LogP contribution in [0.3, 0.4) is 0 Å². The highest BCUT2D eigenvalue weighted by Crippen LogP contribution is 2.33. The molecule has 0 atom stereocenters. The van der Waals surface area contributed by atoms with Crippen LogP contribution in [0.2, 0.25) is 0 Å². The molecule has 4 aromatic rings. The van der Waals surface area contributed by atoms with Gasteiger partial charge in [0.25, 0.3) is 0 Å². The van der Waals surface area contributed by atoms with Gasteiger partial charge in [-0.15, -0.1) is 0 Å². The van der Waals surface area contributed by atoms with Crippen molar-refractivity contribution in [3.05, 3.63) is 48.4 Å². The first kappa shape index (κ1) is 20.8. The Hall–Kier alpha value is -3.05. The average molecular weight is 472 g/mol. The fraction of sp³-hybridized carbons (Fsp3) is 0.286. The van der Waals surface area contributed by atoms with Crippen molar-refractivity contribution >= 4 is 42.0 Å². The molecule has 0 unspecified atom stereocenters. The van der Waals surface area contributed by atoms with Crippen LogP contribution in [0.5, 0.6) is 0 Å². The summed E-state index contributed by atoms with van der Waals surface area (Å²) in [6.45, 7) is 2.06. The summed E-state index contributed by atoms with van der Waals surface area (Å²) in [5, 5.41) is 5.37. The van der Waals surface area contributed by atoms with Gasteiger partial charge in [0, 0.05) is 42.1 Å². The first-order valence-electron chi connectivity index (χ1n) is 10.0. The highest BCUT2D eigenvalue weighted by molar-refractivity contribution is 7.91. The molecule has 0 N–H and O–H groups in total. The van der Waals surface area contributed by atoms with Crippen LogP contribution < -0.4 is 4.90 Å². The van der Waals surface area contributed by atoms with E-state index < -0.39 is 19.7 Å². The average Bonchev–Trinajstić information content (AvgIpc) is 3.17. The van der Waals surface area contributed by atoms with Gasteiger partial charge in [-0.2, -0.15) is 5.10 Å². The second kappa shape index (κ2) is 7.24. The number of benzene rings is 1. The van der Waals surface area contributed by atoms with E-state index >= 15 is 0 Å². The van der Waals surface area contributed by atoms with E-state index in [2.05, 4.69) is 10.1 Å². The standard InChI is InChI=1S/C21H21N5O4S2/c1-14-19(31(2,27)28)21(25-7-9-32(29,30)10-8-25)24-20-17(13-23-26(14)20)16-11-15-5-3-4-6-18(15)22-12-16/h3-6,11-13H,7-10H2,1-2H3. The van der Waals surface area contributed by atoms with Gasteiger partial charge >= 0.3 is 0 Å². The first-order chi connectivity index (χ1) is 15.1. The minimum absolute atomic E-state index is 0.0389. The molecule has 3 aromatic heterocycles. The van der Waals surface area contributed by atoms with E-state index in [0.717, 1.165) is 28.3 Å². The Balaban J connectivity index is 1.73. The van der Waals surface area contributed by atoms with E-state index in [1.54, 1.807) is 24.2 Å². The number of aryl methyl sites for hydroxylation is 1. The lowest BCUT2D eigenvalue weighted by molar-refractivity contribution is 0.585. The highest BCUT2D eigenvalue weighted by atomic mass is 32.2. The van der Waals surface area contributed by atoms with Crippen molar-refractivity contribution in [2.75, 3.05) is 35.8 Å². The lowest BCUT2D eigenvalue weighted by atomic mass is 10.1. The molecule has 0 bridgehead atoms. The van der Waals surface area contributed by atoms with Crippen LogP contribution in [0.1, 0.15) is 5.69 Å². The van der Waals surface area contributed by atoms with Gasteiger partial charge in [-0.05, 0) is 19.1 Å². The molecule has 1 aliphatic rings. The zero-order valence-corrected chi connectivity index (χ0v) is 19.2. The summed E-state index contributed by atoms with van der Waals surface area (Å²) in [7, 11) is -6.78. The zero-order valence-electron chi connectivity index (χ0n) is 17.6. The van der Waals surface area contributed by atoms with Crippen LogP contribution in [0, 0.1) is 6.92 Å². The third-order valence-corrected chi connectivity index (χ3v) is 8.55. The summed E-state index contributed by atoms with van der Waals surface area (Å²) in [5.74, 6) is 0.189. The first-order valence-corrected chi connectivity index (χ1v) is 13.7. The van der Waals surface area contributed by atoms with Gasteiger partial charge in [0.1, 0.15) is 4.90 Å². The molecular formula is C21H21N5O4S2. The van der Waals surface area contributed by atoms with Crippen molar-refractivity contribution < 1.29 is 16.8 Å². The molecule has 1 saturated heterocycles. The van der Waals surface area contributed by atoms with Gasteiger partial charge in [0.2, 0.25) is 0 Å². The maximum Gasteiger partial charge on any atom is 0.180 e. The van der Waals surface area contributed by atoms with E-state index in [-0.39, 0.29) is 35.3 Å². The molecule has 32 heavy (non-hydrogen) atoms. The molecule has 0 aliphatic carbocycles. The van der Waals surface area contributed by atoms with Crippen LogP contribution in [0.25, 0.3) is 27.7 Å². The minimum atomic E-state index is -3.64. The van der Waals surface area contributed by atoms with Crippen molar-refractivity contribution in [2.24, 2.45) is 0 Å². The lowest BCUT2D eigenvalue weighted by Crippen LogP contribution is -2.41. The molecule has 1 fully saturated rings. The van der Waals surface area contributed by atoms with Crippen molar-refractivity contribution in [3.8, 4) is 11.1 Å². The molecule has 1 aromatic carbocycles. The van der Waals surface area contributed by atoms with E-state index in [1.165, 1.54) is 4.52 Å². The molecule has 0 radical (unpaired) electrons. The number of hydrogen-bond donors (Lipinski definition) is 0. The molecule has 5 rings (SSSR count). The number of para-hydroxylation sites is 1. The SMILES string of the molecule is Cc1c(S(C)(=O)=O)c(N2CCS(=O)(=O)CC2)nc2c(-c3cnc4ccccc4c3)cnn12. The number of fused-ring (bicyclic) bond motifs is 2. The van der Waals surface area contributed by atoms with Crippen molar-refractivity contribution in [1.82, 2.24) is 19.6 Å². The Bertz CT molecular complexity index is 1580. The molecule has 0 saturated carbocycles. The third-order valence-electron chi connectivity index (χ3n) is 5.72. The second-order valence-corrected chi connectivity index (χ2v) is 12.2. The molecule has 11 heteroatoms. The topological polar surface area (TPSA) is 115 Å². The highest BCUT2D eigenvalue weighted by Gasteiger charge is 2.30. The Morgan fingerprint density at radius 2 is 1.78 bits per heavy atom. The van der Waals surface area contributed by atoms with E-state index in [1.807, 2.05) is 30.3 Å². The summed E-state index contributed by atoms with van der Waals surface area (Å²) in [4.78, 5) is 11.0. The molecule has 0 spiro atoms. The summed E-state index contributed by atoms with van der Waals surface area (Å²) in [6.07, 6.45) is 4.52. The van der Waals surface area contributed by atoms with Crippen LogP contribution in [-0.4, -0.2) is 67.3 Å². The lowest BCUT2D eigenvalue weighted by Gasteiger charge is -2.29. The van der Waals surface area contributed by atoms with Gasteiger partial charge < -0.3 is 4.90 Å². The van der Waals surface area contributed by atoms with Crippen molar-refractivity contribution in [2.45, 2.75) is 11.8 Å². The van der Waals surface area contributed by atoms with E-state index in [4.69, 9.17) is 4.98 Å². The molecule has 166 valence electrons. The minimum Gasteiger partial charge on any atom is -0.353 e. The van der Waals surface area contributed by atoms with Gasteiger partial charge in [0.15, 0.2) is 31.1 Å². The van der Waals surface area contributed by atoms with Crippen LogP contribution in [0.4, 0.5) is 5.82 Å². The predicted octanol–water partition coefficient (Wildman–Crippen LogP) is 1.89. The Morgan fingerprint density at radius 3 is 2.50 bits per heavy atom. The van der Waals surface area contributed by atoms with E-state index in [0.29, 0.717) is 11.3 Å². The summed E-state index contributed by atoms with van der Waals surface area (Å²) < 4.78 is 50.7. The molecule has 0 amide bonds. The quantitative estimate of drug-likeness (QED) is 0.445. The fourth-order valence-electron chi connectivity index (χ4n) is 4.10. The van der Waals surface area contributed by atoms with E-state index in [9.17, 15) is 16.8 Å². The third kappa shape index (κ3) is 3.51. The Kier molecular flexibility index (Phi) is 4.71. The number of pyridine rings is 1. The normalized spacial score (nSPS) is 16.6. The maximum atomic E-state index is 12.7. The monoisotopic (exact) mass is 471 g/mol. The van der Waals surface area contributed by atoms with Crippen molar-refractivity contribution in [1.29, 1.82) is 0 Å². The van der Waals surface area contributed by atoms with Gasteiger partial charge in [-0.3, -0.25) is 4.98 Å². The fourth-order valence-corrected chi connectivity index (χ4v) is 6.43. The van der Waals surface area contributed by atoms with Crippen LogP contribution in [0.15, 0.2) is 47.6 Å². The summed E-state index contributed by atoms with van der Waals surface area (Å²) >= 11 is 0. The van der Waals surface area contributed by atoms with Crippen LogP contribution in [-0.2, 0) is 19.7 Å². The van der Waals surface area contributed by atoms with Gasteiger partial charge in [-0.1, -0.05) is 18.2 Å². The zero-order chi connectivity index (χ0) is 22.7. The van der Waals surface area contributed by atoms with Crippen molar-refractivity contribution in [3.63, 3.8) is 0 Å². The number of anilines is 1. The molecule has 4 heterocycles. The van der Waals surface area contributed by atoms with Crippen LogP contribution >= 0.6 is 0 Å². The molecule has 9 nitrogen and oxygen atoms in total. The maximum absolute atomic E-state index is 12.7. The van der Waals surface area contributed by atoms with Gasteiger partial charge in [0.05, 0.1) is 28.9 Å². The number of aromatic nitrogens is 4. The Labute approximate surface area is 185 Å². The summed E-state index contributed by atoms with van der Waals surface area (Å²) in [6, 6.07) is 9.75. The predicted molar refractivity (Wildman–Crippen MR) is 122 cm³/mol. The molecule has 1 aliphatic heterocycles. The second-order valence-electron chi connectivity index (χ2n) is 7.97. The number of nitrogens with zero attached hydrogens (tertiary/aromatic N) is 5. The number of rotatable bonds is 3. The largest absolute Gasteiger partial charge is 0.353 e. The van der Waals surface area contributed by atoms with Gasteiger partial charge in [-0.25, -0.2) is 26.3 Å². The Morgan fingerprint density at radius 1 is 1.06 bits per heavy atom. The number of hydrogen-bond acceptors (Lipinski definition) is 8. The molecular weight excluding hydrogens is 450 g/mol. The summed E-state index contributed by atoms with van der Waals surface area (Å²) in [5.41, 5.74) is 3.32.